The molecule has 6 N–H and O–H groups in total. The first-order valence-corrected chi connectivity index (χ1v) is 24.2. The van der Waals surface area contributed by atoms with Crippen LogP contribution < -0.4 is 21.3 Å². The van der Waals surface area contributed by atoms with Crippen molar-refractivity contribution in [3.8, 4) is 27.7 Å². The summed E-state index contributed by atoms with van der Waals surface area (Å²) in [6, 6.07) is 6.69. The average Bonchev–Trinajstić information content (AvgIpc) is 4.06. The van der Waals surface area contributed by atoms with Crippen LogP contribution in [-0.2, 0) is 14.4 Å². The molecule has 356 valence electrons. The number of rotatable bonds is 11. The van der Waals surface area contributed by atoms with Gasteiger partial charge in [-0.3, -0.25) is 19.1 Å². The highest BCUT2D eigenvalue weighted by Crippen LogP contribution is 2.38. The molecular formula is C48H58N14O5S. The Morgan fingerprint density at radius 2 is 1.60 bits per heavy atom. The number of nitrogens with two attached hydrogens (primary N) is 1. The number of carbonyl (C=O) groups is 3. The number of β-amino-alcohol motifs (C(OH)–C–C–N with tert-alkyl or cyclic N) is 1. The highest BCUT2D eigenvalue weighted by Gasteiger charge is 2.45. The summed E-state index contributed by atoms with van der Waals surface area (Å²) in [6.45, 7) is 10.8. The number of benzene rings is 1. The number of anilines is 2. The van der Waals surface area contributed by atoms with Gasteiger partial charge in [-0.1, -0.05) is 32.9 Å². The van der Waals surface area contributed by atoms with Gasteiger partial charge in [-0.15, -0.1) is 21.5 Å². The van der Waals surface area contributed by atoms with Crippen LogP contribution in [0.4, 0.5) is 11.8 Å². The van der Waals surface area contributed by atoms with Crippen molar-refractivity contribution in [2.24, 2.45) is 11.3 Å². The smallest absolute Gasteiger partial charge is 0.246 e. The molecule has 0 bridgehead atoms. The summed E-state index contributed by atoms with van der Waals surface area (Å²) in [5.74, 6) is 0.597. The fourth-order valence-corrected chi connectivity index (χ4v) is 10.5. The number of aromatic nitrogens is 9. The number of aromatic hydroxyl groups is 1. The van der Waals surface area contributed by atoms with Crippen LogP contribution in [0.3, 0.4) is 0 Å². The van der Waals surface area contributed by atoms with Crippen LogP contribution in [-0.4, -0.2) is 116 Å². The van der Waals surface area contributed by atoms with Crippen LogP contribution in [0.2, 0.25) is 0 Å². The van der Waals surface area contributed by atoms with Crippen LogP contribution in [0, 0.1) is 18.3 Å². The number of thiazole rings is 1. The number of aryl methyl sites for hydroxylation is 1. The minimum absolute atomic E-state index is 0.0120. The monoisotopic (exact) mass is 942 g/mol. The minimum Gasteiger partial charge on any atom is -0.507 e. The highest BCUT2D eigenvalue weighted by atomic mass is 32.1. The summed E-state index contributed by atoms with van der Waals surface area (Å²) < 4.78 is 1.93. The number of para-hydroxylation sites is 1. The van der Waals surface area contributed by atoms with Gasteiger partial charge in [0.1, 0.15) is 17.8 Å². The fourth-order valence-electron chi connectivity index (χ4n) is 9.73. The molecule has 7 heterocycles. The third-order valence-electron chi connectivity index (χ3n) is 13.7. The van der Waals surface area contributed by atoms with Gasteiger partial charge < -0.3 is 36.4 Å². The number of hydrogen-bond acceptors (Lipinski definition) is 16. The van der Waals surface area contributed by atoms with Gasteiger partial charge in [-0.2, -0.15) is 5.10 Å². The zero-order valence-electron chi connectivity index (χ0n) is 38.9. The van der Waals surface area contributed by atoms with Gasteiger partial charge in [0.15, 0.2) is 17.2 Å². The summed E-state index contributed by atoms with van der Waals surface area (Å²) in [7, 11) is 0. The molecule has 3 fully saturated rings. The topological polar surface area (TPSA) is 256 Å². The molecule has 20 heteroatoms. The van der Waals surface area contributed by atoms with Crippen molar-refractivity contribution in [3.63, 3.8) is 0 Å². The SMILES string of the molecule is Cc1ncsc1-c1ncc(C(C)NC(=O)[C@@H]2C[C@@H](O)CN2C(=O)[C@@H](NC(=O)C2CCC(c3cnc(N4CCC(n5nc(N)c6nnc(-c7ccccc7O)cc65)CC4)nc3)CC2)C(C)(C)C)cn1. The lowest BCUT2D eigenvalue weighted by atomic mass is 9.78. The molecule has 1 unspecified atom stereocenters. The van der Waals surface area contributed by atoms with E-state index in [0.717, 1.165) is 60.4 Å². The van der Waals surface area contributed by atoms with Gasteiger partial charge >= 0.3 is 0 Å². The second-order valence-electron chi connectivity index (χ2n) is 19.4. The third kappa shape index (κ3) is 9.56. The molecule has 4 atom stereocenters. The molecule has 9 rings (SSSR count). The Morgan fingerprint density at radius 3 is 2.26 bits per heavy atom. The van der Waals surface area contributed by atoms with Crippen molar-refractivity contribution in [3.05, 3.63) is 77.5 Å². The Bertz CT molecular complexity index is 2780. The number of nitrogen functional groups attached to an aromatic ring is 1. The van der Waals surface area contributed by atoms with Gasteiger partial charge in [0.25, 0.3) is 0 Å². The van der Waals surface area contributed by atoms with Crippen molar-refractivity contribution in [1.29, 1.82) is 0 Å². The van der Waals surface area contributed by atoms with Crippen LogP contribution in [0.25, 0.3) is 33.0 Å². The van der Waals surface area contributed by atoms with Gasteiger partial charge in [-0.05, 0) is 87.5 Å². The number of amides is 3. The molecule has 5 aromatic heterocycles. The molecule has 2 aliphatic heterocycles. The maximum atomic E-state index is 14.3. The van der Waals surface area contributed by atoms with Crippen LogP contribution in [0.1, 0.15) is 107 Å². The number of hydrogen-bond donors (Lipinski definition) is 5. The predicted octanol–water partition coefficient (Wildman–Crippen LogP) is 5.28. The number of nitrogens with one attached hydrogen (secondary N) is 2. The molecule has 2 saturated heterocycles. The molecule has 3 amide bonds. The van der Waals surface area contributed by atoms with Crippen LogP contribution >= 0.6 is 11.3 Å². The molecule has 3 aliphatic rings. The number of likely N-dealkylation sites (tertiary alicyclic amines) is 1. The standard InChI is InChI=1S/C48H58N14O5S/c1-26(30-20-50-43(51-21-30)40-27(2)54-25-68-40)55-45(66)37-18-33(63)24-61(37)46(67)41(48(3,4)5)56-44(65)29-12-10-28(11-13-29)31-22-52-47(53-23-31)60-16-14-32(15-17-60)62-36-19-35(34-8-6-7-9-38(34)64)57-58-39(36)42(49)59-62/h6-9,19-23,25-26,28-29,32-33,37,41,63-64H,10-18,24H2,1-5H3,(H2,49,59)(H,55,66)(H,56,65)/t26?,28?,29?,33-,37+,41-/m1/s1. The summed E-state index contributed by atoms with van der Waals surface area (Å²) >= 11 is 1.46. The van der Waals surface area contributed by atoms with Crippen molar-refractivity contribution >= 4 is 51.9 Å². The van der Waals surface area contributed by atoms with Gasteiger partial charge in [0.05, 0.1) is 45.5 Å². The van der Waals surface area contributed by atoms with E-state index in [0.29, 0.717) is 52.8 Å². The van der Waals surface area contributed by atoms with E-state index in [2.05, 4.69) is 45.8 Å². The third-order valence-corrected chi connectivity index (χ3v) is 14.6. The number of aliphatic hydroxyl groups excluding tert-OH is 1. The molecule has 1 aliphatic carbocycles. The zero-order valence-corrected chi connectivity index (χ0v) is 39.7. The van der Waals surface area contributed by atoms with Gasteiger partial charge in [0.2, 0.25) is 23.7 Å². The van der Waals surface area contributed by atoms with E-state index >= 15 is 0 Å². The average molecular weight is 943 g/mol. The summed E-state index contributed by atoms with van der Waals surface area (Å²) in [6.07, 6.45) is 10.8. The second-order valence-corrected chi connectivity index (χ2v) is 20.3. The molecule has 1 saturated carbocycles. The number of phenolic OH excluding ortho intramolecular Hbond substituents is 1. The van der Waals surface area contributed by atoms with E-state index < -0.39 is 41.5 Å². The Balaban J connectivity index is 0.773. The number of phenols is 1. The lowest BCUT2D eigenvalue weighted by Gasteiger charge is -2.37. The largest absolute Gasteiger partial charge is 0.507 e. The van der Waals surface area contributed by atoms with Gasteiger partial charge in [-0.25, -0.2) is 24.9 Å². The summed E-state index contributed by atoms with van der Waals surface area (Å²) in [4.78, 5) is 69.3. The molecule has 19 nitrogen and oxygen atoms in total. The minimum atomic E-state index is -0.915. The van der Waals surface area contributed by atoms with E-state index in [9.17, 15) is 24.6 Å². The lowest BCUT2D eigenvalue weighted by Crippen LogP contribution is -2.58. The summed E-state index contributed by atoms with van der Waals surface area (Å²) in [5.41, 5.74) is 12.3. The number of nitrogens with zero attached hydrogens (tertiary/aromatic N) is 11. The predicted molar refractivity (Wildman–Crippen MR) is 256 cm³/mol. The van der Waals surface area contributed by atoms with Crippen molar-refractivity contribution in [1.82, 2.24) is 60.4 Å². The van der Waals surface area contributed by atoms with Crippen molar-refractivity contribution in [2.75, 3.05) is 30.3 Å². The van der Waals surface area contributed by atoms with E-state index in [1.54, 1.807) is 36.1 Å². The van der Waals surface area contributed by atoms with E-state index in [1.165, 1.54) is 16.2 Å². The maximum Gasteiger partial charge on any atom is 0.246 e. The Labute approximate surface area is 398 Å². The zero-order chi connectivity index (χ0) is 47.9. The number of fused-ring (bicyclic) bond motifs is 1. The Hall–Kier alpha value is -6.67. The first-order valence-electron chi connectivity index (χ1n) is 23.3. The Morgan fingerprint density at radius 1 is 0.897 bits per heavy atom. The number of aliphatic hydroxyl groups is 1. The lowest BCUT2D eigenvalue weighted by molar-refractivity contribution is -0.144. The molecule has 0 spiro atoms. The summed E-state index contributed by atoms with van der Waals surface area (Å²) in [5, 5.41) is 40.5. The van der Waals surface area contributed by atoms with E-state index in [1.807, 2.05) is 63.8 Å². The van der Waals surface area contributed by atoms with E-state index in [-0.39, 0.29) is 42.5 Å². The fraction of sp³-hybridized carbons (Fsp3) is 0.479. The second kappa shape index (κ2) is 19.1. The highest BCUT2D eigenvalue weighted by molar-refractivity contribution is 7.13. The Kier molecular flexibility index (Phi) is 13.1. The molecule has 1 aromatic carbocycles. The van der Waals surface area contributed by atoms with Crippen molar-refractivity contribution < 1.29 is 24.6 Å². The van der Waals surface area contributed by atoms with E-state index in [4.69, 9.17) is 15.7 Å². The number of carbonyl (C=O) groups excluding carboxylic acids is 3. The quantitative estimate of drug-likeness (QED) is 0.111. The molecule has 68 heavy (non-hydrogen) atoms. The normalized spacial score (nSPS) is 21.1. The molecule has 6 aromatic rings. The van der Waals surface area contributed by atoms with Crippen molar-refractivity contribution in [2.45, 2.75) is 116 Å². The maximum absolute atomic E-state index is 14.3. The first kappa shape index (κ1) is 46.4. The van der Waals surface area contributed by atoms with Crippen LogP contribution in [0.5, 0.6) is 5.75 Å². The van der Waals surface area contributed by atoms with Crippen LogP contribution in [0.15, 0.2) is 60.6 Å². The number of piperidine rings is 1. The molecular weight excluding hydrogens is 885 g/mol. The van der Waals surface area contributed by atoms with Gasteiger partial charge in [0, 0.05) is 67.9 Å². The molecule has 0 radical (unpaired) electrons. The first-order chi connectivity index (χ1) is 32.6.